The van der Waals surface area contributed by atoms with E-state index >= 15 is 0 Å². The molecule has 4 nitrogen and oxygen atoms in total. The number of halogens is 2. The summed E-state index contributed by atoms with van der Waals surface area (Å²) in [5.41, 5.74) is 0.129. The third kappa shape index (κ3) is 3.16. The molecule has 1 aliphatic rings. The van der Waals surface area contributed by atoms with Crippen LogP contribution in [0.4, 0.5) is 8.78 Å². The molecule has 0 unspecified atom stereocenters. The molecule has 6 heteroatoms. The van der Waals surface area contributed by atoms with Crippen LogP contribution in [-0.4, -0.2) is 31.7 Å². The van der Waals surface area contributed by atoms with Gasteiger partial charge in [-0.15, -0.1) is 0 Å². The van der Waals surface area contributed by atoms with Crippen molar-refractivity contribution in [3.05, 3.63) is 29.8 Å². The molecule has 1 heterocycles. The Bertz CT molecular complexity index is 420. The Morgan fingerprint density at radius 3 is 2.89 bits per heavy atom. The summed E-state index contributed by atoms with van der Waals surface area (Å²) in [6.07, 6.45) is 0.837. The van der Waals surface area contributed by atoms with Gasteiger partial charge in [-0.05, 0) is 25.1 Å². The van der Waals surface area contributed by atoms with Crippen LogP contribution in [0.2, 0.25) is 0 Å². The maximum Gasteiger partial charge on any atom is 0.387 e. The van der Waals surface area contributed by atoms with Crippen LogP contribution in [0.5, 0.6) is 5.75 Å². The molecule has 2 N–H and O–H groups in total. The Labute approximate surface area is 103 Å². The summed E-state index contributed by atoms with van der Waals surface area (Å²) >= 11 is 0. The van der Waals surface area contributed by atoms with Gasteiger partial charge in [0.1, 0.15) is 5.75 Å². The summed E-state index contributed by atoms with van der Waals surface area (Å²) in [5.74, 6) is -0.490. The second-order valence-electron chi connectivity index (χ2n) is 4.04. The largest absolute Gasteiger partial charge is 0.434 e. The topological polar surface area (TPSA) is 50.4 Å². The minimum absolute atomic E-state index is 0.0390. The number of alkyl halides is 2. The number of amides is 1. The molecule has 1 aliphatic heterocycles. The van der Waals surface area contributed by atoms with Crippen molar-refractivity contribution in [1.29, 1.82) is 0 Å². The summed E-state index contributed by atoms with van der Waals surface area (Å²) in [5, 5.41) is 5.89. The highest BCUT2D eigenvalue weighted by molar-refractivity contribution is 5.97. The summed E-state index contributed by atoms with van der Waals surface area (Å²) < 4.78 is 28.7. The second-order valence-corrected chi connectivity index (χ2v) is 4.04. The number of para-hydroxylation sites is 1. The Morgan fingerprint density at radius 2 is 2.22 bits per heavy atom. The molecule has 1 fully saturated rings. The number of ether oxygens (including phenoxy) is 1. The van der Waals surface area contributed by atoms with Crippen LogP contribution in [0.1, 0.15) is 16.8 Å². The minimum Gasteiger partial charge on any atom is -0.434 e. The van der Waals surface area contributed by atoms with Crippen molar-refractivity contribution in [2.24, 2.45) is 0 Å². The van der Waals surface area contributed by atoms with Gasteiger partial charge in [-0.25, -0.2) is 0 Å². The van der Waals surface area contributed by atoms with Gasteiger partial charge in [0.15, 0.2) is 0 Å². The highest BCUT2D eigenvalue weighted by atomic mass is 19.3. The Balaban J connectivity index is 2.08. The quantitative estimate of drug-likeness (QED) is 0.855. The molecule has 2 rings (SSSR count). The zero-order valence-electron chi connectivity index (χ0n) is 9.66. The van der Waals surface area contributed by atoms with Gasteiger partial charge in [-0.1, -0.05) is 12.1 Å². The monoisotopic (exact) mass is 256 g/mol. The van der Waals surface area contributed by atoms with E-state index in [9.17, 15) is 13.6 Å². The first-order chi connectivity index (χ1) is 8.66. The molecule has 0 radical (unpaired) electrons. The molecule has 0 aromatic heterocycles. The molecule has 0 spiro atoms. The predicted octanol–water partition coefficient (Wildman–Crippen LogP) is 1.38. The first-order valence-electron chi connectivity index (χ1n) is 5.72. The molecule has 0 bridgehead atoms. The Hall–Kier alpha value is -1.69. The van der Waals surface area contributed by atoms with Crippen molar-refractivity contribution in [1.82, 2.24) is 10.6 Å². The smallest absolute Gasteiger partial charge is 0.387 e. The van der Waals surface area contributed by atoms with Crippen molar-refractivity contribution >= 4 is 5.91 Å². The fourth-order valence-corrected chi connectivity index (χ4v) is 1.89. The summed E-state index contributed by atoms with van der Waals surface area (Å²) in [6.45, 7) is -1.39. The van der Waals surface area contributed by atoms with Gasteiger partial charge in [0.2, 0.25) is 0 Å². The standard InChI is InChI=1S/C12H14F2N2O2/c13-12(14)18-10-4-2-1-3-9(10)11(17)16-8-5-6-15-7-8/h1-4,8,12,15H,5-7H2,(H,16,17)/t8-/m1/s1. The molecule has 1 aromatic carbocycles. The molecular formula is C12H14F2N2O2. The SMILES string of the molecule is O=C(N[C@@H]1CCNC1)c1ccccc1OC(F)F. The van der Waals surface area contributed by atoms with Crippen LogP contribution in [0.3, 0.4) is 0 Å². The summed E-state index contributed by atoms with van der Waals surface area (Å²) in [7, 11) is 0. The van der Waals surface area contributed by atoms with Crippen LogP contribution in [0, 0.1) is 0 Å². The maximum atomic E-state index is 12.2. The minimum atomic E-state index is -2.94. The zero-order valence-corrected chi connectivity index (χ0v) is 9.66. The van der Waals surface area contributed by atoms with Crippen molar-refractivity contribution in [3.8, 4) is 5.75 Å². The van der Waals surface area contributed by atoms with Crippen molar-refractivity contribution < 1.29 is 18.3 Å². The van der Waals surface area contributed by atoms with E-state index in [1.807, 2.05) is 0 Å². The lowest BCUT2D eigenvalue weighted by molar-refractivity contribution is -0.0501. The maximum absolute atomic E-state index is 12.2. The van der Waals surface area contributed by atoms with E-state index in [2.05, 4.69) is 15.4 Å². The number of carbonyl (C=O) groups is 1. The number of carbonyl (C=O) groups excluding carboxylic acids is 1. The van der Waals surface area contributed by atoms with Crippen LogP contribution in [-0.2, 0) is 0 Å². The predicted molar refractivity (Wildman–Crippen MR) is 61.8 cm³/mol. The van der Waals surface area contributed by atoms with Crippen LogP contribution in [0.15, 0.2) is 24.3 Å². The van der Waals surface area contributed by atoms with E-state index in [1.165, 1.54) is 12.1 Å². The molecule has 0 saturated carbocycles. The normalized spacial score (nSPS) is 18.9. The number of hydrogen-bond acceptors (Lipinski definition) is 3. The molecule has 1 saturated heterocycles. The van der Waals surface area contributed by atoms with Crippen molar-refractivity contribution in [3.63, 3.8) is 0 Å². The van der Waals surface area contributed by atoms with Crippen LogP contribution in [0.25, 0.3) is 0 Å². The average Bonchev–Trinajstić information content (AvgIpc) is 2.81. The first-order valence-corrected chi connectivity index (χ1v) is 5.72. The van der Waals surface area contributed by atoms with E-state index < -0.39 is 6.61 Å². The lowest BCUT2D eigenvalue weighted by Gasteiger charge is -2.14. The van der Waals surface area contributed by atoms with E-state index in [0.29, 0.717) is 6.54 Å². The zero-order chi connectivity index (χ0) is 13.0. The molecule has 18 heavy (non-hydrogen) atoms. The van der Waals surface area contributed by atoms with Crippen molar-refractivity contribution in [2.45, 2.75) is 19.1 Å². The third-order valence-corrected chi connectivity index (χ3v) is 2.74. The number of rotatable bonds is 4. The number of benzene rings is 1. The fraction of sp³-hybridized carbons (Fsp3) is 0.417. The highest BCUT2D eigenvalue weighted by Gasteiger charge is 2.20. The van der Waals surface area contributed by atoms with Crippen LogP contribution >= 0.6 is 0 Å². The first kappa shape index (κ1) is 12.8. The van der Waals surface area contributed by atoms with E-state index in [0.717, 1.165) is 13.0 Å². The van der Waals surface area contributed by atoms with E-state index in [4.69, 9.17) is 0 Å². The van der Waals surface area contributed by atoms with Gasteiger partial charge in [0.05, 0.1) is 5.56 Å². The van der Waals surface area contributed by atoms with Gasteiger partial charge in [-0.3, -0.25) is 4.79 Å². The molecule has 1 atom stereocenters. The summed E-state index contributed by atoms with van der Waals surface area (Å²) in [6, 6.07) is 6.02. The molecule has 1 aromatic rings. The number of nitrogens with one attached hydrogen (secondary N) is 2. The lowest BCUT2D eigenvalue weighted by atomic mass is 10.1. The molecule has 1 amide bonds. The van der Waals surface area contributed by atoms with Crippen LogP contribution < -0.4 is 15.4 Å². The molecule has 0 aliphatic carbocycles. The highest BCUT2D eigenvalue weighted by Crippen LogP contribution is 2.20. The van der Waals surface area contributed by atoms with Gasteiger partial charge in [0, 0.05) is 12.6 Å². The molecular weight excluding hydrogens is 242 g/mol. The molecule has 98 valence electrons. The fourth-order valence-electron chi connectivity index (χ4n) is 1.89. The Kier molecular flexibility index (Phi) is 4.09. The number of hydrogen-bond donors (Lipinski definition) is 2. The average molecular weight is 256 g/mol. The van der Waals surface area contributed by atoms with Gasteiger partial charge in [-0.2, -0.15) is 8.78 Å². The van der Waals surface area contributed by atoms with E-state index in [-0.39, 0.29) is 23.3 Å². The van der Waals surface area contributed by atoms with Gasteiger partial charge in [0.25, 0.3) is 5.91 Å². The lowest BCUT2D eigenvalue weighted by Crippen LogP contribution is -2.36. The summed E-state index contributed by atoms with van der Waals surface area (Å²) in [4.78, 5) is 11.9. The van der Waals surface area contributed by atoms with Gasteiger partial charge < -0.3 is 15.4 Å². The van der Waals surface area contributed by atoms with Gasteiger partial charge >= 0.3 is 6.61 Å². The second kappa shape index (κ2) is 5.77. The van der Waals surface area contributed by atoms with Crippen molar-refractivity contribution in [2.75, 3.05) is 13.1 Å². The van der Waals surface area contributed by atoms with E-state index in [1.54, 1.807) is 12.1 Å². The Morgan fingerprint density at radius 1 is 1.44 bits per heavy atom. The third-order valence-electron chi connectivity index (χ3n) is 2.74.